The van der Waals surface area contributed by atoms with Gasteiger partial charge in [0.2, 0.25) is 12.3 Å². The molecule has 3 nitrogen and oxygen atoms in total. The summed E-state index contributed by atoms with van der Waals surface area (Å²) >= 11 is 6.03. The summed E-state index contributed by atoms with van der Waals surface area (Å²) in [6.07, 6.45) is 2.10. The third kappa shape index (κ3) is 4.67. The number of pyridine rings is 1. The molecule has 1 amide bonds. The number of hydrogen-bond acceptors (Lipinski definition) is 2. The van der Waals surface area contributed by atoms with Crippen molar-refractivity contribution in [1.82, 2.24) is 9.88 Å². The maximum absolute atomic E-state index is 13.7. The van der Waals surface area contributed by atoms with Crippen molar-refractivity contribution in [2.24, 2.45) is 5.41 Å². The van der Waals surface area contributed by atoms with Crippen molar-refractivity contribution in [3.8, 4) is 0 Å². The Balaban J connectivity index is 2.09. The van der Waals surface area contributed by atoms with Crippen molar-refractivity contribution in [1.29, 1.82) is 0 Å². The molecule has 1 aromatic carbocycles. The first-order valence-corrected chi connectivity index (χ1v) is 10.1. The highest BCUT2D eigenvalue weighted by Crippen LogP contribution is 2.47. The molecule has 1 aromatic heterocycles. The molecule has 2 heterocycles. The average Bonchev–Trinajstić information content (AvgIpc) is 2.70. The van der Waals surface area contributed by atoms with Gasteiger partial charge in [0.25, 0.3) is 0 Å². The number of carbonyl (C=O) groups excluding carboxylic acids is 1. The Labute approximate surface area is 175 Å². The van der Waals surface area contributed by atoms with Crippen molar-refractivity contribution < 1.29 is 13.6 Å². The number of alkyl halides is 2. The molecule has 0 aliphatic carbocycles. The fraction of sp³-hybridized carbons (Fsp3) is 0.391. The van der Waals surface area contributed by atoms with Crippen LogP contribution in [-0.2, 0) is 4.79 Å². The van der Waals surface area contributed by atoms with Gasteiger partial charge in [0, 0.05) is 17.6 Å². The Morgan fingerprint density at radius 1 is 1.31 bits per heavy atom. The van der Waals surface area contributed by atoms with E-state index in [0.29, 0.717) is 30.0 Å². The van der Waals surface area contributed by atoms with Gasteiger partial charge in [-0.3, -0.25) is 9.78 Å². The molecule has 0 spiro atoms. The van der Waals surface area contributed by atoms with Crippen molar-refractivity contribution in [3.05, 3.63) is 77.6 Å². The first-order chi connectivity index (χ1) is 13.9. The van der Waals surface area contributed by atoms with Crippen molar-refractivity contribution in [2.45, 2.75) is 51.1 Å². The van der Waals surface area contributed by atoms with Crippen molar-refractivity contribution in [2.75, 3.05) is 0 Å². The van der Waals surface area contributed by atoms with Gasteiger partial charge >= 0.3 is 0 Å². The van der Waals surface area contributed by atoms with Gasteiger partial charge in [0.15, 0.2) is 0 Å². The van der Waals surface area contributed by atoms with E-state index in [2.05, 4.69) is 11.6 Å². The van der Waals surface area contributed by atoms with Gasteiger partial charge in [0.1, 0.15) is 0 Å². The second-order valence-corrected chi connectivity index (χ2v) is 8.21. The molecule has 1 saturated heterocycles. The highest BCUT2D eigenvalue weighted by molar-refractivity contribution is 6.30. The van der Waals surface area contributed by atoms with E-state index in [1.807, 2.05) is 19.1 Å². The summed E-state index contributed by atoms with van der Waals surface area (Å²) in [5, 5.41) is 0.591. The Bertz CT molecular complexity index is 844. The van der Waals surface area contributed by atoms with E-state index >= 15 is 0 Å². The number of carbonyl (C=O) groups is 1. The van der Waals surface area contributed by atoms with Crippen LogP contribution in [0.1, 0.15) is 55.9 Å². The molecule has 29 heavy (non-hydrogen) atoms. The van der Waals surface area contributed by atoms with Gasteiger partial charge in [-0.2, -0.15) is 0 Å². The van der Waals surface area contributed by atoms with Crippen LogP contribution in [0.4, 0.5) is 8.78 Å². The predicted octanol–water partition coefficient (Wildman–Crippen LogP) is 6.38. The zero-order chi connectivity index (χ0) is 21.0. The van der Waals surface area contributed by atoms with Crippen LogP contribution in [0.15, 0.2) is 61.3 Å². The van der Waals surface area contributed by atoms with Crippen LogP contribution in [0.2, 0.25) is 5.02 Å². The number of halogens is 3. The molecule has 1 aliphatic rings. The van der Waals surface area contributed by atoms with Gasteiger partial charge in [-0.25, -0.2) is 8.78 Å². The summed E-state index contributed by atoms with van der Waals surface area (Å²) in [5.41, 5.74) is 0.696. The Hall–Kier alpha value is -2.27. The maximum Gasteiger partial charge on any atom is 0.241 e. The quantitative estimate of drug-likeness (QED) is 0.489. The molecule has 2 aromatic rings. The molecule has 6 heteroatoms. The lowest BCUT2D eigenvalue weighted by Crippen LogP contribution is -2.50. The molecule has 0 saturated carbocycles. The van der Waals surface area contributed by atoms with Gasteiger partial charge in [-0.15, -0.1) is 6.58 Å². The molecule has 1 fully saturated rings. The summed E-state index contributed by atoms with van der Waals surface area (Å²) in [7, 11) is 0. The molecule has 1 unspecified atom stereocenters. The summed E-state index contributed by atoms with van der Waals surface area (Å²) in [6.45, 7) is 5.67. The Morgan fingerprint density at radius 3 is 2.62 bits per heavy atom. The SMILES string of the molecule is C=CC[C@@]1(C)CCC(c2ccc(Cl)cc2)N([C@@H](CC(F)F)c2ccccn2)C1=O. The fourth-order valence-corrected chi connectivity index (χ4v) is 4.28. The molecule has 154 valence electrons. The van der Waals surface area contributed by atoms with Crippen LogP contribution < -0.4 is 0 Å². The van der Waals surface area contributed by atoms with E-state index in [9.17, 15) is 13.6 Å². The number of piperidine rings is 1. The number of aromatic nitrogens is 1. The topological polar surface area (TPSA) is 33.2 Å². The van der Waals surface area contributed by atoms with Crippen LogP contribution in [0, 0.1) is 5.41 Å². The lowest BCUT2D eigenvalue weighted by atomic mass is 9.74. The standard InChI is InChI=1S/C23H25ClF2N2O/c1-3-12-23(2)13-11-19(16-7-9-17(24)10-8-16)28(22(23)29)20(15-21(25)26)18-6-4-5-14-27-18/h3-10,14,19-21H,1,11-13,15H2,2H3/t19?,20-,23-/m0/s1. The maximum atomic E-state index is 13.7. The van der Waals surface area contributed by atoms with Gasteiger partial charge in [-0.05, 0) is 49.1 Å². The summed E-state index contributed by atoms with van der Waals surface area (Å²) < 4.78 is 27.2. The monoisotopic (exact) mass is 418 g/mol. The second kappa shape index (κ2) is 9.04. The van der Waals surface area contributed by atoms with E-state index in [-0.39, 0.29) is 11.9 Å². The van der Waals surface area contributed by atoms with Crippen molar-refractivity contribution >= 4 is 17.5 Å². The van der Waals surface area contributed by atoms with Gasteiger partial charge < -0.3 is 4.90 Å². The zero-order valence-corrected chi connectivity index (χ0v) is 17.2. The van der Waals surface area contributed by atoms with Crippen LogP contribution in [0.25, 0.3) is 0 Å². The minimum Gasteiger partial charge on any atom is -0.326 e. The first kappa shape index (κ1) is 21.4. The largest absolute Gasteiger partial charge is 0.326 e. The third-order valence-corrected chi connectivity index (χ3v) is 5.92. The molecule has 1 aliphatic heterocycles. The summed E-state index contributed by atoms with van der Waals surface area (Å²) in [5.74, 6) is -0.139. The molecule has 0 radical (unpaired) electrons. The molecule has 0 bridgehead atoms. The normalized spacial score (nSPS) is 23.3. The van der Waals surface area contributed by atoms with Crippen LogP contribution in [0.3, 0.4) is 0 Å². The fourth-order valence-electron chi connectivity index (χ4n) is 4.15. The molecule has 0 N–H and O–H groups in total. The highest BCUT2D eigenvalue weighted by atomic mass is 35.5. The first-order valence-electron chi connectivity index (χ1n) is 9.74. The molecular weight excluding hydrogens is 394 g/mol. The van der Waals surface area contributed by atoms with Crippen LogP contribution in [0.5, 0.6) is 0 Å². The zero-order valence-electron chi connectivity index (χ0n) is 16.4. The van der Waals surface area contributed by atoms with Gasteiger partial charge in [0.05, 0.1) is 23.2 Å². The van der Waals surface area contributed by atoms with E-state index in [0.717, 1.165) is 5.56 Å². The van der Waals surface area contributed by atoms with E-state index in [1.165, 1.54) is 0 Å². The number of likely N-dealkylation sites (tertiary alicyclic amines) is 1. The lowest BCUT2D eigenvalue weighted by Gasteiger charge is -2.48. The van der Waals surface area contributed by atoms with Crippen molar-refractivity contribution in [3.63, 3.8) is 0 Å². The van der Waals surface area contributed by atoms with E-state index in [4.69, 9.17) is 11.6 Å². The van der Waals surface area contributed by atoms with Gasteiger partial charge in [-0.1, -0.05) is 42.8 Å². The number of nitrogens with zero attached hydrogens (tertiary/aromatic N) is 2. The number of rotatable bonds is 7. The number of allylic oxidation sites excluding steroid dienone is 1. The lowest BCUT2D eigenvalue weighted by molar-refractivity contribution is -0.154. The summed E-state index contributed by atoms with van der Waals surface area (Å²) in [4.78, 5) is 19.6. The Morgan fingerprint density at radius 2 is 2.03 bits per heavy atom. The minimum absolute atomic E-state index is 0.139. The summed E-state index contributed by atoms with van der Waals surface area (Å²) in [6, 6.07) is 11.3. The van der Waals surface area contributed by atoms with Crippen LogP contribution in [-0.4, -0.2) is 22.2 Å². The Kier molecular flexibility index (Phi) is 6.68. The van der Waals surface area contributed by atoms with Crippen LogP contribution >= 0.6 is 11.6 Å². The molecule has 3 rings (SSSR count). The minimum atomic E-state index is -2.56. The molecule has 3 atom stereocenters. The predicted molar refractivity (Wildman–Crippen MR) is 111 cm³/mol. The van der Waals surface area contributed by atoms with E-state index < -0.39 is 24.3 Å². The number of hydrogen-bond donors (Lipinski definition) is 0. The third-order valence-electron chi connectivity index (χ3n) is 5.67. The number of benzene rings is 1. The second-order valence-electron chi connectivity index (χ2n) is 7.77. The molecular formula is C23H25ClF2N2O. The number of amides is 1. The highest BCUT2D eigenvalue weighted by Gasteiger charge is 2.47. The smallest absolute Gasteiger partial charge is 0.241 e. The van der Waals surface area contributed by atoms with E-state index in [1.54, 1.807) is 47.5 Å². The average molecular weight is 419 g/mol.